The summed E-state index contributed by atoms with van der Waals surface area (Å²) in [5.41, 5.74) is -0.897. The number of hydrogen-bond acceptors (Lipinski definition) is 4. The van der Waals surface area contributed by atoms with Gasteiger partial charge in [-0.05, 0) is 71.1 Å². The third-order valence-electron chi connectivity index (χ3n) is 5.50. The number of hydrogen-bond donors (Lipinski definition) is 2. The Kier molecular flexibility index (Phi) is 4.67. The molecule has 0 spiro atoms. The highest BCUT2D eigenvalue weighted by Crippen LogP contribution is 2.64. The van der Waals surface area contributed by atoms with Crippen LogP contribution in [0.2, 0.25) is 0 Å². The fourth-order valence-electron chi connectivity index (χ4n) is 5.21. The van der Waals surface area contributed by atoms with E-state index >= 15 is 0 Å². The average Bonchev–Trinajstić information content (AvgIpc) is 2.39. The molecular formula is C18H27BrN2O4. The molecule has 2 N–H and O–H groups in total. The van der Waals surface area contributed by atoms with Crippen molar-refractivity contribution < 1.29 is 19.1 Å². The van der Waals surface area contributed by atoms with Gasteiger partial charge in [-0.25, -0.2) is 4.79 Å². The lowest BCUT2D eigenvalue weighted by atomic mass is 9.49. The van der Waals surface area contributed by atoms with E-state index in [1.807, 2.05) is 20.8 Å². The summed E-state index contributed by atoms with van der Waals surface area (Å²) in [5, 5.41) is 4.83. The second-order valence-corrected chi connectivity index (χ2v) is 10.9. The van der Waals surface area contributed by atoms with E-state index in [9.17, 15) is 14.4 Å². The number of rotatable bonds is 3. The molecule has 3 amide bonds. The van der Waals surface area contributed by atoms with E-state index in [-0.39, 0.29) is 10.3 Å². The molecule has 0 aliphatic heterocycles. The summed E-state index contributed by atoms with van der Waals surface area (Å²) in [6, 6.07) is -0.581. The van der Waals surface area contributed by atoms with Gasteiger partial charge in [-0.15, -0.1) is 0 Å². The molecule has 4 atom stereocenters. The van der Waals surface area contributed by atoms with E-state index in [2.05, 4.69) is 26.6 Å². The number of amides is 3. The fourth-order valence-corrected chi connectivity index (χ4v) is 6.66. The van der Waals surface area contributed by atoms with Crippen LogP contribution in [0, 0.1) is 17.3 Å². The summed E-state index contributed by atoms with van der Waals surface area (Å²) >= 11 is 3.86. The Balaban J connectivity index is 1.53. The van der Waals surface area contributed by atoms with Crippen LogP contribution in [0.3, 0.4) is 0 Å². The van der Waals surface area contributed by atoms with Gasteiger partial charge in [-0.1, -0.05) is 15.9 Å². The van der Waals surface area contributed by atoms with Gasteiger partial charge in [0, 0.05) is 9.86 Å². The fraction of sp³-hybridized carbons (Fsp3) is 0.833. The Morgan fingerprint density at radius 1 is 1.12 bits per heavy atom. The lowest BCUT2D eigenvalue weighted by Crippen LogP contribution is -2.56. The second-order valence-electron chi connectivity index (χ2n) is 9.22. The van der Waals surface area contributed by atoms with Gasteiger partial charge in [0.2, 0.25) is 0 Å². The van der Waals surface area contributed by atoms with Crippen LogP contribution in [-0.4, -0.2) is 34.4 Å². The lowest BCUT2D eigenvalue weighted by molar-refractivity contribution is -0.171. The third kappa shape index (κ3) is 4.18. The molecule has 4 rings (SSSR count). The van der Waals surface area contributed by atoms with E-state index < -0.39 is 29.5 Å². The van der Waals surface area contributed by atoms with Crippen LogP contribution in [0.4, 0.5) is 4.79 Å². The van der Waals surface area contributed by atoms with Crippen molar-refractivity contribution in [2.75, 3.05) is 6.61 Å². The Morgan fingerprint density at radius 3 is 2.24 bits per heavy atom. The number of imide groups is 1. The van der Waals surface area contributed by atoms with E-state index in [1.165, 1.54) is 6.42 Å². The number of esters is 1. The summed E-state index contributed by atoms with van der Waals surface area (Å²) in [5.74, 6) is 0.254. The first kappa shape index (κ1) is 18.7. The van der Waals surface area contributed by atoms with E-state index in [4.69, 9.17) is 4.74 Å². The van der Waals surface area contributed by atoms with Gasteiger partial charge in [-0.3, -0.25) is 14.9 Å². The van der Waals surface area contributed by atoms with Gasteiger partial charge in [0.05, 0.1) is 5.41 Å². The molecule has 140 valence electrons. The highest BCUT2D eigenvalue weighted by Gasteiger charge is 2.60. The largest absolute Gasteiger partial charge is 0.455 e. The van der Waals surface area contributed by atoms with Crippen molar-refractivity contribution in [2.24, 2.45) is 17.3 Å². The molecule has 0 aromatic rings. The minimum atomic E-state index is -0.603. The number of carbonyl (C=O) groups excluding carboxylic acids is 3. The molecule has 0 aromatic heterocycles. The van der Waals surface area contributed by atoms with Crippen molar-refractivity contribution in [2.45, 2.75) is 69.2 Å². The summed E-state index contributed by atoms with van der Waals surface area (Å²) in [7, 11) is 0. The van der Waals surface area contributed by atoms with Crippen LogP contribution in [0.5, 0.6) is 0 Å². The molecule has 2 unspecified atom stereocenters. The zero-order valence-electron chi connectivity index (χ0n) is 15.1. The van der Waals surface area contributed by atoms with Gasteiger partial charge in [-0.2, -0.15) is 0 Å². The standard InChI is InChI=1S/C18H27BrN2O4/c1-16(2,3)21-15(24)20-13(22)9-25-14(23)17-5-11-4-12(6-17)8-18(19,7-11)10-17/h11-12H,4-10H2,1-3H3,(H2,20,21,22,24)/t11-,12+,17?,18?. The number of carbonyl (C=O) groups is 3. The van der Waals surface area contributed by atoms with Crippen molar-refractivity contribution in [3.05, 3.63) is 0 Å². The monoisotopic (exact) mass is 414 g/mol. The van der Waals surface area contributed by atoms with Gasteiger partial charge in [0.25, 0.3) is 5.91 Å². The normalized spacial score (nSPS) is 36.0. The van der Waals surface area contributed by atoms with Crippen LogP contribution < -0.4 is 10.6 Å². The molecule has 0 heterocycles. The number of urea groups is 1. The predicted octanol–water partition coefficient (Wildman–Crippen LogP) is 2.89. The van der Waals surface area contributed by atoms with Crippen LogP contribution in [0.15, 0.2) is 0 Å². The van der Waals surface area contributed by atoms with Crippen LogP contribution in [-0.2, 0) is 14.3 Å². The van der Waals surface area contributed by atoms with Gasteiger partial charge in [0.15, 0.2) is 6.61 Å². The maximum atomic E-state index is 12.7. The molecule has 7 heteroatoms. The van der Waals surface area contributed by atoms with Crippen molar-refractivity contribution in [1.29, 1.82) is 0 Å². The summed E-state index contributed by atoms with van der Waals surface area (Å²) in [4.78, 5) is 36.3. The number of ether oxygens (including phenoxy) is 1. The molecule has 4 aliphatic rings. The van der Waals surface area contributed by atoms with Crippen molar-refractivity contribution in [1.82, 2.24) is 10.6 Å². The van der Waals surface area contributed by atoms with E-state index in [1.54, 1.807) is 0 Å². The highest BCUT2D eigenvalue weighted by atomic mass is 79.9. The molecule has 0 radical (unpaired) electrons. The van der Waals surface area contributed by atoms with Gasteiger partial charge in [0.1, 0.15) is 0 Å². The molecule has 4 fully saturated rings. The van der Waals surface area contributed by atoms with E-state index in [0.717, 1.165) is 32.1 Å². The molecule has 0 aromatic carbocycles. The third-order valence-corrected chi connectivity index (χ3v) is 6.43. The average molecular weight is 415 g/mol. The maximum Gasteiger partial charge on any atom is 0.321 e. The van der Waals surface area contributed by atoms with Gasteiger partial charge < -0.3 is 10.1 Å². The second kappa shape index (κ2) is 6.25. The Bertz CT molecular complexity index is 584. The minimum Gasteiger partial charge on any atom is -0.455 e. The highest BCUT2D eigenvalue weighted by molar-refractivity contribution is 9.10. The SMILES string of the molecule is CC(C)(C)NC(=O)NC(=O)COC(=O)C12C[C@@H]3C[C@@H](CC(Br)(C3)C1)C2. The number of halogens is 1. The molecule has 4 bridgehead atoms. The first-order chi connectivity index (χ1) is 11.5. The summed E-state index contributed by atoms with van der Waals surface area (Å²) in [6.45, 7) is 5.05. The maximum absolute atomic E-state index is 12.7. The van der Waals surface area contributed by atoms with Gasteiger partial charge >= 0.3 is 12.0 Å². The lowest BCUT2D eigenvalue weighted by Gasteiger charge is -2.58. The Labute approximate surface area is 156 Å². The first-order valence-corrected chi connectivity index (χ1v) is 9.76. The predicted molar refractivity (Wildman–Crippen MR) is 96.2 cm³/mol. The smallest absolute Gasteiger partial charge is 0.321 e. The minimum absolute atomic E-state index is 0.0605. The molecular weight excluding hydrogens is 388 g/mol. The van der Waals surface area contributed by atoms with Crippen molar-refractivity contribution >= 4 is 33.8 Å². The quantitative estimate of drug-likeness (QED) is 0.549. The van der Waals surface area contributed by atoms with E-state index in [0.29, 0.717) is 11.8 Å². The van der Waals surface area contributed by atoms with Crippen molar-refractivity contribution in [3.8, 4) is 0 Å². The summed E-state index contributed by atoms with van der Waals surface area (Å²) < 4.78 is 5.37. The summed E-state index contributed by atoms with van der Waals surface area (Å²) in [6.07, 6.45) is 5.98. The number of alkyl halides is 1. The van der Waals surface area contributed by atoms with Crippen LogP contribution in [0.25, 0.3) is 0 Å². The molecule has 4 aliphatic carbocycles. The Hall–Kier alpha value is -1.11. The first-order valence-electron chi connectivity index (χ1n) is 8.97. The molecule has 4 saturated carbocycles. The van der Waals surface area contributed by atoms with Crippen LogP contribution in [0.1, 0.15) is 59.3 Å². The Morgan fingerprint density at radius 2 is 1.72 bits per heavy atom. The zero-order chi connectivity index (χ0) is 18.5. The molecule has 25 heavy (non-hydrogen) atoms. The molecule has 0 saturated heterocycles. The van der Waals surface area contributed by atoms with Crippen molar-refractivity contribution in [3.63, 3.8) is 0 Å². The van der Waals surface area contributed by atoms with Crippen LogP contribution >= 0.6 is 15.9 Å². The molecule has 6 nitrogen and oxygen atoms in total. The topological polar surface area (TPSA) is 84.5 Å². The zero-order valence-corrected chi connectivity index (χ0v) is 16.7. The number of nitrogens with one attached hydrogen (secondary N) is 2.